The van der Waals surface area contributed by atoms with Crippen LogP contribution in [0.5, 0.6) is 0 Å². The summed E-state index contributed by atoms with van der Waals surface area (Å²) < 4.78 is 9.76. The summed E-state index contributed by atoms with van der Waals surface area (Å²) in [4.78, 5) is 31.2. The second-order valence-electron chi connectivity index (χ2n) is 7.28. The first-order chi connectivity index (χ1) is 16.5. The molecule has 0 aliphatic heterocycles. The molecule has 5 rings (SSSR count). The number of thiazole rings is 1. The number of fused-ring (bicyclic) bond motifs is 1. The zero-order valence-corrected chi connectivity index (χ0v) is 20.7. The van der Waals surface area contributed by atoms with Gasteiger partial charge in [-0.1, -0.05) is 52.9 Å². The quantitative estimate of drug-likeness (QED) is 0.108. The zero-order chi connectivity index (χ0) is 23.7. The molecule has 0 radical (unpaired) electrons. The number of aromatic nitrogens is 3. The van der Waals surface area contributed by atoms with E-state index in [-0.39, 0.29) is 17.1 Å². The summed E-state index contributed by atoms with van der Waals surface area (Å²) in [5.41, 5.74) is 1.46. The van der Waals surface area contributed by atoms with E-state index in [1.807, 2.05) is 36.4 Å². The number of carbonyl (C=O) groups is 1. The molecular weight excluding hydrogens is 510 g/mol. The van der Waals surface area contributed by atoms with Crippen molar-refractivity contribution in [1.29, 1.82) is 0 Å². The Kier molecular flexibility index (Phi) is 6.51. The molecule has 3 aromatic heterocycles. The number of hydrogen-bond acceptors (Lipinski definition) is 7. The molecule has 6 nitrogen and oxygen atoms in total. The van der Waals surface area contributed by atoms with Crippen molar-refractivity contribution in [2.75, 3.05) is 5.75 Å². The highest BCUT2D eigenvalue weighted by atomic mass is 35.5. The van der Waals surface area contributed by atoms with E-state index in [1.165, 1.54) is 27.7 Å². The molecule has 3 heterocycles. The number of benzene rings is 2. The summed E-state index contributed by atoms with van der Waals surface area (Å²) in [6, 6.07) is 19.6. The van der Waals surface area contributed by atoms with E-state index in [1.54, 1.807) is 41.2 Å². The third-order valence-electron chi connectivity index (χ3n) is 5.07. The molecule has 0 spiro atoms. The van der Waals surface area contributed by atoms with Gasteiger partial charge in [-0.05, 0) is 60.7 Å². The molecule has 0 amide bonds. The Labute approximate surface area is 212 Å². The van der Waals surface area contributed by atoms with Crippen LogP contribution in [0.4, 0.5) is 0 Å². The minimum Gasteiger partial charge on any atom is -0.467 e. The Balaban J connectivity index is 1.60. The second kappa shape index (κ2) is 9.71. The molecule has 0 aliphatic rings. The molecule has 10 heteroatoms. The minimum atomic E-state index is -0.230. The van der Waals surface area contributed by atoms with Gasteiger partial charge in [0.15, 0.2) is 20.5 Å². The highest BCUT2D eigenvalue weighted by Crippen LogP contribution is 2.26. The molecule has 0 aliphatic carbocycles. The van der Waals surface area contributed by atoms with Gasteiger partial charge in [-0.2, -0.15) is 0 Å². The Hall–Kier alpha value is -2.98. The Morgan fingerprint density at radius 2 is 1.85 bits per heavy atom. The highest BCUT2D eigenvalue weighted by molar-refractivity contribution is 7.99. The monoisotopic (exact) mass is 525 g/mol. The smallest absolute Gasteiger partial charge is 0.278 e. The normalized spacial score (nSPS) is 11.2. The molecule has 0 atom stereocenters. The molecule has 0 fully saturated rings. The summed E-state index contributed by atoms with van der Waals surface area (Å²) in [6.45, 7) is 0.363. The number of rotatable bonds is 7. The predicted octanol–water partition coefficient (Wildman–Crippen LogP) is 6.25. The van der Waals surface area contributed by atoms with Crippen LogP contribution in [-0.4, -0.2) is 25.7 Å². The van der Waals surface area contributed by atoms with Crippen LogP contribution in [0.2, 0.25) is 5.02 Å². The lowest BCUT2D eigenvalue weighted by atomic mass is 10.1. The van der Waals surface area contributed by atoms with E-state index in [0.717, 1.165) is 0 Å². The van der Waals surface area contributed by atoms with Crippen LogP contribution >= 0.6 is 46.9 Å². The lowest BCUT2D eigenvalue weighted by Gasteiger charge is -2.12. The number of carbonyl (C=O) groups excluding carboxylic acids is 1. The van der Waals surface area contributed by atoms with E-state index >= 15 is 0 Å². The van der Waals surface area contributed by atoms with Gasteiger partial charge in [0.2, 0.25) is 0 Å². The van der Waals surface area contributed by atoms with E-state index in [9.17, 15) is 9.59 Å². The topological polar surface area (TPSA) is 70.0 Å². The van der Waals surface area contributed by atoms with Gasteiger partial charge in [-0.3, -0.25) is 18.7 Å². The fraction of sp³-hybridized carbons (Fsp3) is 0.0833. The van der Waals surface area contributed by atoms with Crippen LogP contribution in [0, 0.1) is 3.95 Å². The van der Waals surface area contributed by atoms with Crippen molar-refractivity contribution in [2.24, 2.45) is 0 Å². The van der Waals surface area contributed by atoms with Crippen LogP contribution in [0.1, 0.15) is 16.1 Å². The molecule has 2 aromatic carbocycles. The van der Waals surface area contributed by atoms with E-state index < -0.39 is 0 Å². The number of furan rings is 1. The van der Waals surface area contributed by atoms with Crippen molar-refractivity contribution in [1.82, 2.24) is 14.1 Å². The van der Waals surface area contributed by atoms with Crippen LogP contribution in [-0.2, 0) is 6.54 Å². The van der Waals surface area contributed by atoms with Crippen LogP contribution < -0.4 is 5.56 Å². The average Bonchev–Trinajstić information content (AvgIpc) is 3.47. The number of nitrogens with zero attached hydrogens (tertiary/aromatic N) is 3. The van der Waals surface area contributed by atoms with Gasteiger partial charge in [0.05, 0.1) is 24.2 Å². The number of ketones is 1. The molecule has 0 bridgehead atoms. The fourth-order valence-electron chi connectivity index (χ4n) is 3.43. The summed E-state index contributed by atoms with van der Waals surface area (Å²) >= 11 is 13.9. The zero-order valence-electron chi connectivity index (χ0n) is 17.5. The highest BCUT2D eigenvalue weighted by Gasteiger charge is 2.20. The van der Waals surface area contributed by atoms with Gasteiger partial charge >= 0.3 is 0 Å². The molecule has 5 aromatic rings. The maximum absolute atomic E-state index is 13.6. The van der Waals surface area contributed by atoms with Crippen molar-refractivity contribution in [3.63, 3.8) is 0 Å². The second-order valence-corrected chi connectivity index (χ2v) is 10.3. The van der Waals surface area contributed by atoms with E-state index in [0.29, 0.717) is 48.0 Å². The summed E-state index contributed by atoms with van der Waals surface area (Å²) in [6.07, 6.45) is 1.59. The number of thioether (sulfide) groups is 1. The fourth-order valence-corrected chi connectivity index (χ4v) is 5.71. The van der Waals surface area contributed by atoms with E-state index in [2.05, 4.69) is 0 Å². The summed E-state index contributed by atoms with van der Waals surface area (Å²) in [5, 5.41) is 0.972. The molecule has 0 saturated carbocycles. The van der Waals surface area contributed by atoms with Crippen molar-refractivity contribution < 1.29 is 9.21 Å². The first kappa shape index (κ1) is 22.8. The van der Waals surface area contributed by atoms with Gasteiger partial charge in [-0.25, -0.2) is 4.98 Å². The van der Waals surface area contributed by atoms with Gasteiger partial charge in [0.1, 0.15) is 10.5 Å². The van der Waals surface area contributed by atoms with Crippen molar-refractivity contribution >= 4 is 63.0 Å². The Bertz CT molecular complexity index is 1590. The van der Waals surface area contributed by atoms with Crippen molar-refractivity contribution in [2.45, 2.75) is 11.7 Å². The molecule has 34 heavy (non-hydrogen) atoms. The predicted molar refractivity (Wildman–Crippen MR) is 138 cm³/mol. The number of Topliss-reactive ketones (excluding diaryl/α,β-unsaturated/α-hetero) is 1. The molecule has 0 saturated heterocycles. The minimum absolute atomic E-state index is 0.0895. The van der Waals surface area contributed by atoms with Crippen molar-refractivity contribution in [3.8, 4) is 5.69 Å². The maximum atomic E-state index is 13.6. The summed E-state index contributed by atoms with van der Waals surface area (Å²) in [5.74, 6) is 0.723. The van der Waals surface area contributed by atoms with Gasteiger partial charge in [0.25, 0.3) is 5.56 Å². The first-order valence-electron chi connectivity index (χ1n) is 10.2. The number of hydrogen-bond donors (Lipinski definition) is 0. The number of halogens is 1. The molecule has 0 N–H and O–H groups in total. The standard InChI is InChI=1S/C24H16ClN3O3S3/c25-16-10-8-15(9-11-16)19(29)14-33-23-26-21-20(22(30)28(23)17-5-2-1-3-6-17)34-24(32)27(21)13-18-7-4-12-31-18/h1-12H,13-14H2. The Morgan fingerprint density at radius 1 is 1.09 bits per heavy atom. The third kappa shape index (κ3) is 4.52. The van der Waals surface area contributed by atoms with Gasteiger partial charge in [0, 0.05) is 10.6 Å². The largest absolute Gasteiger partial charge is 0.467 e. The average molecular weight is 526 g/mol. The third-order valence-corrected chi connectivity index (χ3v) is 7.68. The number of para-hydroxylation sites is 1. The maximum Gasteiger partial charge on any atom is 0.278 e. The first-order valence-corrected chi connectivity index (χ1v) is 12.8. The molecule has 170 valence electrons. The lowest BCUT2D eigenvalue weighted by Crippen LogP contribution is -2.22. The van der Waals surface area contributed by atoms with Crippen LogP contribution in [0.15, 0.2) is 87.4 Å². The molecular formula is C24H16ClN3O3S3. The lowest BCUT2D eigenvalue weighted by molar-refractivity contribution is 0.102. The van der Waals surface area contributed by atoms with E-state index in [4.69, 9.17) is 33.2 Å². The Morgan fingerprint density at radius 3 is 2.56 bits per heavy atom. The molecule has 0 unspecified atom stereocenters. The van der Waals surface area contributed by atoms with Gasteiger partial charge < -0.3 is 4.42 Å². The van der Waals surface area contributed by atoms with Gasteiger partial charge in [-0.15, -0.1) is 0 Å². The summed E-state index contributed by atoms with van der Waals surface area (Å²) in [7, 11) is 0. The SMILES string of the molecule is O=C(CSc1nc2c(sc(=S)n2Cc2ccco2)c(=O)n1-c1ccccc1)c1ccc(Cl)cc1. The van der Waals surface area contributed by atoms with Crippen LogP contribution in [0.3, 0.4) is 0 Å². The van der Waals surface area contributed by atoms with Crippen LogP contribution in [0.25, 0.3) is 16.0 Å². The van der Waals surface area contributed by atoms with Crippen molar-refractivity contribution in [3.05, 3.63) is 104 Å².